The van der Waals surface area contributed by atoms with E-state index in [0.29, 0.717) is 5.56 Å². The number of sulfonamides is 1. The van der Waals surface area contributed by atoms with E-state index in [1.54, 1.807) is 17.6 Å². The van der Waals surface area contributed by atoms with E-state index >= 15 is 0 Å². The van der Waals surface area contributed by atoms with E-state index in [0.717, 1.165) is 40.2 Å². The molecule has 0 amide bonds. The summed E-state index contributed by atoms with van der Waals surface area (Å²) < 4.78 is 25.0. The van der Waals surface area contributed by atoms with Crippen molar-refractivity contribution >= 4 is 37.7 Å². The molecule has 2 heterocycles. The molecule has 0 aliphatic heterocycles. The van der Waals surface area contributed by atoms with Crippen LogP contribution in [0.25, 0.3) is 21.8 Å². The fraction of sp³-hybridized carbons (Fsp3) is 0.292. The first-order chi connectivity index (χ1) is 14.7. The highest BCUT2D eigenvalue weighted by Crippen LogP contribution is 2.43. The normalized spacial score (nSPS) is 12.6. The van der Waals surface area contributed by atoms with Crippen molar-refractivity contribution in [2.24, 2.45) is 5.14 Å². The van der Waals surface area contributed by atoms with Crippen LogP contribution in [0.2, 0.25) is 0 Å². The van der Waals surface area contributed by atoms with Gasteiger partial charge in [-0.05, 0) is 47.7 Å². The van der Waals surface area contributed by atoms with Crippen molar-refractivity contribution in [2.75, 3.05) is 0 Å². The number of para-hydroxylation sites is 1. The summed E-state index contributed by atoms with van der Waals surface area (Å²) in [6.45, 7) is 5.89. The number of carbonyl (C=O) groups excluding carboxylic acids is 1. The number of rotatable bonds is 6. The van der Waals surface area contributed by atoms with Crippen LogP contribution in [0.1, 0.15) is 55.1 Å². The highest BCUT2D eigenvalue weighted by atomic mass is 32.2. The van der Waals surface area contributed by atoms with Gasteiger partial charge in [0.1, 0.15) is 0 Å². The van der Waals surface area contributed by atoms with Crippen LogP contribution in [0.4, 0.5) is 0 Å². The molecule has 162 valence electrons. The van der Waals surface area contributed by atoms with Crippen LogP contribution >= 0.6 is 0 Å². The second kappa shape index (κ2) is 7.66. The Hall–Kier alpha value is -2.90. The van der Waals surface area contributed by atoms with Crippen LogP contribution < -0.4 is 5.14 Å². The van der Waals surface area contributed by atoms with Gasteiger partial charge in [-0.1, -0.05) is 38.1 Å². The molecule has 0 unspecified atom stereocenters. The third-order valence-electron chi connectivity index (χ3n) is 6.46. The van der Waals surface area contributed by atoms with Crippen LogP contribution in [0.15, 0.2) is 54.9 Å². The summed E-state index contributed by atoms with van der Waals surface area (Å²) in [5, 5.41) is 7.33. The second-order valence-electron chi connectivity index (χ2n) is 8.12. The molecule has 0 aliphatic carbocycles. The maximum atomic E-state index is 11.9. The zero-order valence-corrected chi connectivity index (χ0v) is 18.8. The fourth-order valence-electron chi connectivity index (χ4n) is 4.86. The van der Waals surface area contributed by atoms with Crippen molar-refractivity contribution in [1.29, 1.82) is 0 Å². The Labute approximate surface area is 182 Å². The average Bonchev–Trinajstić information content (AvgIpc) is 3.34. The number of primary sulfonamides is 1. The number of fused-ring (bicyclic) bond motifs is 2. The second-order valence-corrected chi connectivity index (χ2v) is 9.73. The molecule has 2 aromatic heterocycles. The first kappa shape index (κ1) is 21.3. The average molecular weight is 438 g/mol. The minimum atomic E-state index is -3.64. The lowest BCUT2D eigenvalue weighted by Gasteiger charge is -2.33. The topological polar surface area (TPSA) is 97.9 Å². The molecule has 0 fully saturated rings. The smallest absolute Gasteiger partial charge is 0.227 e. The van der Waals surface area contributed by atoms with Gasteiger partial charge >= 0.3 is 0 Å². The van der Waals surface area contributed by atoms with Crippen LogP contribution in [0.3, 0.4) is 0 Å². The highest BCUT2D eigenvalue weighted by molar-refractivity contribution is 7.88. The zero-order chi connectivity index (χ0) is 22.4. The number of aromatic nitrogens is 2. The maximum Gasteiger partial charge on any atom is 0.227 e. The minimum absolute atomic E-state index is 0.0148. The molecular weight excluding hydrogens is 410 g/mol. The molecule has 7 heteroatoms. The predicted octanol–water partition coefficient (Wildman–Crippen LogP) is 4.68. The molecule has 31 heavy (non-hydrogen) atoms. The van der Waals surface area contributed by atoms with E-state index in [2.05, 4.69) is 31.0 Å². The van der Waals surface area contributed by atoms with Gasteiger partial charge in [0.25, 0.3) is 0 Å². The van der Waals surface area contributed by atoms with E-state index in [-0.39, 0.29) is 17.1 Å². The van der Waals surface area contributed by atoms with Crippen LogP contribution in [-0.2, 0) is 21.2 Å². The quantitative estimate of drug-likeness (QED) is 0.458. The first-order valence-corrected chi connectivity index (χ1v) is 12.1. The summed E-state index contributed by atoms with van der Waals surface area (Å²) in [5.41, 5.74) is 4.41. The van der Waals surface area contributed by atoms with Gasteiger partial charge < -0.3 is 4.98 Å². The van der Waals surface area contributed by atoms with Crippen LogP contribution in [0, 0.1) is 0 Å². The van der Waals surface area contributed by atoms with Crippen molar-refractivity contribution in [3.63, 3.8) is 0 Å². The van der Waals surface area contributed by atoms with E-state index in [4.69, 9.17) is 5.14 Å². The number of hydrogen-bond donors (Lipinski definition) is 2. The Morgan fingerprint density at radius 1 is 1.13 bits per heavy atom. The molecule has 0 atom stereocenters. The van der Waals surface area contributed by atoms with Crippen molar-refractivity contribution in [2.45, 2.75) is 44.8 Å². The monoisotopic (exact) mass is 437 g/mol. The number of hydrogen-bond acceptors (Lipinski definition) is 3. The van der Waals surface area contributed by atoms with Gasteiger partial charge in [0.15, 0.2) is 0 Å². The van der Waals surface area contributed by atoms with Gasteiger partial charge in [-0.2, -0.15) is 0 Å². The van der Waals surface area contributed by atoms with E-state index in [9.17, 15) is 13.2 Å². The lowest BCUT2D eigenvalue weighted by Crippen LogP contribution is -2.25. The number of carbonyl (C=O) groups is 1. The minimum Gasteiger partial charge on any atom is -0.361 e. The summed E-state index contributed by atoms with van der Waals surface area (Å²) in [6, 6.07) is 13.9. The third-order valence-corrected chi connectivity index (χ3v) is 7.18. The summed E-state index contributed by atoms with van der Waals surface area (Å²) in [6.07, 6.45) is 5.54. The molecule has 4 rings (SSSR count). The van der Waals surface area contributed by atoms with Crippen LogP contribution in [0.5, 0.6) is 0 Å². The van der Waals surface area contributed by atoms with Gasteiger partial charge in [-0.15, -0.1) is 0 Å². The van der Waals surface area contributed by atoms with Gasteiger partial charge in [0, 0.05) is 35.5 Å². The summed E-state index contributed by atoms with van der Waals surface area (Å²) in [7, 11) is -3.64. The number of nitrogens with one attached hydrogen (secondary N) is 1. The van der Waals surface area contributed by atoms with Crippen molar-refractivity contribution < 1.29 is 13.2 Å². The van der Waals surface area contributed by atoms with Crippen molar-refractivity contribution in [1.82, 2.24) is 9.55 Å². The Morgan fingerprint density at radius 2 is 1.87 bits per heavy atom. The molecule has 2 aromatic carbocycles. The number of nitrogens with zero attached hydrogens (tertiary/aromatic N) is 1. The number of aromatic amines is 1. The summed E-state index contributed by atoms with van der Waals surface area (Å²) in [4.78, 5) is 15.2. The molecule has 6 nitrogen and oxygen atoms in total. The SMILES string of the molecule is CCC(CC)(c1ccc2c(ccn2C(C)=O)c1)c1c[nH]c2c(CS(N)(=O)=O)cccc12. The van der Waals surface area contributed by atoms with E-state index in [1.165, 1.54) is 5.56 Å². The lowest BCUT2D eigenvalue weighted by molar-refractivity contribution is 0.0941. The summed E-state index contributed by atoms with van der Waals surface area (Å²) in [5.74, 6) is -0.223. The Bertz CT molecular complexity index is 1390. The first-order valence-electron chi connectivity index (χ1n) is 10.4. The molecule has 0 saturated heterocycles. The highest BCUT2D eigenvalue weighted by Gasteiger charge is 2.33. The largest absolute Gasteiger partial charge is 0.361 e. The molecular formula is C24H27N3O3S. The Morgan fingerprint density at radius 3 is 2.52 bits per heavy atom. The molecule has 3 N–H and O–H groups in total. The van der Waals surface area contributed by atoms with E-state index in [1.807, 2.05) is 36.7 Å². The summed E-state index contributed by atoms with van der Waals surface area (Å²) >= 11 is 0. The van der Waals surface area contributed by atoms with Crippen molar-refractivity contribution in [3.8, 4) is 0 Å². The lowest BCUT2D eigenvalue weighted by atomic mass is 9.70. The molecule has 0 radical (unpaired) electrons. The fourth-order valence-corrected chi connectivity index (χ4v) is 5.53. The van der Waals surface area contributed by atoms with Gasteiger partial charge in [0.2, 0.25) is 15.9 Å². The van der Waals surface area contributed by atoms with Gasteiger partial charge in [0.05, 0.1) is 16.8 Å². The molecule has 0 saturated carbocycles. The number of H-pyrrole nitrogens is 1. The van der Waals surface area contributed by atoms with Gasteiger partial charge in [-0.3, -0.25) is 9.36 Å². The number of nitrogens with two attached hydrogens (primary N) is 1. The van der Waals surface area contributed by atoms with Crippen molar-refractivity contribution in [3.05, 3.63) is 71.5 Å². The number of benzene rings is 2. The molecule has 0 bridgehead atoms. The van der Waals surface area contributed by atoms with Gasteiger partial charge in [-0.25, -0.2) is 13.6 Å². The van der Waals surface area contributed by atoms with E-state index < -0.39 is 10.0 Å². The Balaban J connectivity index is 1.91. The standard InChI is InChI=1S/C24H27N3O3S/c1-4-24(5-2,19-9-10-22-17(13-19)11-12-27(22)16(3)28)21-14-26-23-18(15-31(25,29)30)7-6-8-20(21)23/h6-14,26H,4-5,15H2,1-3H3,(H2,25,29,30). The van der Waals surface area contributed by atoms with Crippen LogP contribution in [-0.4, -0.2) is 23.9 Å². The predicted molar refractivity (Wildman–Crippen MR) is 125 cm³/mol. The third kappa shape index (κ3) is 3.58. The Kier molecular flexibility index (Phi) is 5.27. The maximum absolute atomic E-state index is 11.9. The molecule has 0 spiro atoms. The molecule has 0 aliphatic rings. The molecule has 4 aromatic rings. The zero-order valence-electron chi connectivity index (χ0n) is 18.0.